The van der Waals surface area contributed by atoms with Crippen LogP contribution >= 0.6 is 0 Å². The van der Waals surface area contributed by atoms with Gasteiger partial charge in [-0.3, -0.25) is 4.79 Å². The van der Waals surface area contributed by atoms with Gasteiger partial charge in [0.2, 0.25) is 0 Å². The lowest BCUT2D eigenvalue weighted by atomic mass is 10.1. The molecule has 2 aromatic rings. The van der Waals surface area contributed by atoms with E-state index in [-0.39, 0.29) is 11.9 Å². The van der Waals surface area contributed by atoms with E-state index < -0.39 is 0 Å². The summed E-state index contributed by atoms with van der Waals surface area (Å²) in [6, 6.07) is 13.0. The van der Waals surface area contributed by atoms with Crippen LogP contribution in [0.15, 0.2) is 42.5 Å². The zero-order valence-electron chi connectivity index (χ0n) is 12.3. The minimum atomic E-state index is -0.349. The largest absolute Gasteiger partial charge is 0.397 e. The van der Waals surface area contributed by atoms with Crippen LogP contribution in [-0.4, -0.2) is 17.0 Å². The Morgan fingerprint density at radius 1 is 1.24 bits per heavy atom. The van der Waals surface area contributed by atoms with Crippen molar-refractivity contribution in [2.45, 2.75) is 26.4 Å². The fourth-order valence-corrected chi connectivity index (χ4v) is 2.12. The highest BCUT2D eigenvalue weighted by atomic mass is 16.3. The number of Topliss-reactive ketones (excluding diaryl/α,β-unsaturated/α-hetero) is 1. The summed E-state index contributed by atoms with van der Waals surface area (Å²) < 4.78 is 0. The second-order valence-electron chi connectivity index (χ2n) is 5.23. The number of hydrogen-bond donors (Lipinski definition) is 3. The highest BCUT2D eigenvalue weighted by molar-refractivity contribution is 5.96. The molecule has 1 atom stereocenters. The topological polar surface area (TPSA) is 75.3 Å². The second kappa shape index (κ2) is 6.41. The Balaban J connectivity index is 2.13. The van der Waals surface area contributed by atoms with Gasteiger partial charge in [0.05, 0.1) is 17.5 Å². The first-order chi connectivity index (χ1) is 9.95. The van der Waals surface area contributed by atoms with Crippen LogP contribution in [0.1, 0.15) is 29.8 Å². The van der Waals surface area contributed by atoms with Crippen LogP contribution in [0.4, 0.5) is 17.1 Å². The Morgan fingerprint density at radius 3 is 2.43 bits per heavy atom. The molecule has 0 aliphatic rings. The lowest BCUT2D eigenvalue weighted by molar-refractivity contribution is 0.101. The van der Waals surface area contributed by atoms with Gasteiger partial charge in [-0.15, -0.1) is 0 Å². The number of carbonyl (C=O) groups excluding carboxylic acids is 1. The van der Waals surface area contributed by atoms with Gasteiger partial charge < -0.3 is 16.2 Å². The van der Waals surface area contributed by atoms with Crippen LogP contribution in [0.2, 0.25) is 0 Å². The number of aliphatic hydroxyl groups excluding tert-OH is 1. The molecule has 2 aromatic carbocycles. The molecule has 21 heavy (non-hydrogen) atoms. The van der Waals surface area contributed by atoms with Crippen LogP contribution in [0.3, 0.4) is 0 Å². The molecular formula is C17H20N2O2. The van der Waals surface area contributed by atoms with Crippen LogP contribution in [0.5, 0.6) is 0 Å². The van der Waals surface area contributed by atoms with E-state index in [0.29, 0.717) is 17.7 Å². The number of nitrogen functional groups attached to an aromatic ring is 1. The SMILES string of the molecule is CC(=O)c1ccc(Nc2ccc(C[C@@H](C)O)cc2)c(N)c1. The van der Waals surface area contributed by atoms with Crippen LogP contribution in [0, 0.1) is 0 Å². The molecule has 4 nitrogen and oxygen atoms in total. The van der Waals surface area contributed by atoms with E-state index in [4.69, 9.17) is 5.73 Å². The van der Waals surface area contributed by atoms with E-state index in [0.717, 1.165) is 16.9 Å². The highest BCUT2D eigenvalue weighted by Gasteiger charge is 2.05. The number of nitrogens with one attached hydrogen (secondary N) is 1. The standard InChI is InChI=1S/C17H20N2O2/c1-11(20)9-13-3-6-15(7-4-13)19-17-8-5-14(12(2)21)10-16(17)18/h3-8,10-11,19-20H,9,18H2,1-2H3/t11-/m1/s1. The van der Waals surface area contributed by atoms with Crippen molar-refractivity contribution in [3.05, 3.63) is 53.6 Å². The van der Waals surface area contributed by atoms with Crippen molar-refractivity contribution in [3.8, 4) is 0 Å². The minimum absolute atomic E-state index is 0.00396. The summed E-state index contributed by atoms with van der Waals surface area (Å²) in [5.74, 6) is -0.00396. The summed E-state index contributed by atoms with van der Waals surface area (Å²) in [6.07, 6.45) is 0.286. The molecule has 0 amide bonds. The predicted molar refractivity (Wildman–Crippen MR) is 86.0 cm³/mol. The van der Waals surface area contributed by atoms with Crippen LogP contribution < -0.4 is 11.1 Å². The third-order valence-electron chi connectivity index (χ3n) is 3.22. The molecule has 0 saturated heterocycles. The van der Waals surface area contributed by atoms with Crippen molar-refractivity contribution in [1.29, 1.82) is 0 Å². The summed E-state index contributed by atoms with van der Waals surface area (Å²) in [5.41, 5.74) is 9.85. The third-order valence-corrected chi connectivity index (χ3v) is 3.22. The fraction of sp³-hybridized carbons (Fsp3) is 0.235. The molecule has 4 N–H and O–H groups in total. The summed E-state index contributed by atoms with van der Waals surface area (Å²) in [7, 11) is 0. The van der Waals surface area contributed by atoms with Crippen molar-refractivity contribution in [1.82, 2.24) is 0 Å². The third kappa shape index (κ3) is 4.07. The van der Waals surface area contributed by atoms with Gasteiger partial charge in [-0.25, -0.2) is 0 Å². The van der Waals surface area contributed by atoms with E-state index in [1.54, 1.807) is 25.1 Å². The van der Waals surface area contributed by atoms with E-state index in [9.17, 15) is 9.90 Å². The average molecular weight is 284 g/mol. The summed E-state index contributed by atoms with van der Waals surface area (Å²) in [5, 5.41) is 12.6. The highest BCUT2D eigenvalue weighted by Crippen LogP contribution is 2.24. The van der Waals surface area contributed by atoms with Crippen LogP contribution in [0.25, 0.3) is 0 Å². The molecule has 0 fully saturated rings. The average Bonchev–Trinajstić information content (AvgIpc) is 2.42. The molecule has 0 radical (unpaired) electrons. The number of carbonyl (C=O) groups is 1. The second-order valence-corrected chi connectivity index (χ2v) is 5.23. The zero-order valence-corrected chi connectivity index (χ0v) is 12.3. The summed E-state index contributed by atoms with van der Waals surface area (Å²) in [4.78, 5) is 11.3. The number of rotatable bonds is 5. The molecule has 2 rings (SSSR count). The van der Waals surface area contributed by atoms with E-state index >= 15 is 0 Å². The molecule has 0 aliphatic heterocycles. The minimum Gasteiger partial charge on any atom is -0.397 e. The molecular weight excluding hydrogens is 264 g/mol. The molecule has 0 heterocycles. The number of hydrogen-bond acceptors (Lipinski definition) is 4. The number of anilines is 3. The number of aliphatic hydroxyl groups is 1. The first-order valence-corrected chi connectivity index (χ1v) is 6.90. The first kappa shape index (κ1) is 15.1. The van der Waals surface area contributed by atoms with Gasteiger partial charge in [0.1, 0.15) is 0 Å². The monoisotopic (exact) mass is 284 g/mol. The molecule has 0 saturated carbocycles. The Hall–Kier alpha value is -2.33. The normalized spacial score (nSPS) is 12.0. The van der Waals surface area contributed by atoms with E-state index in [1.807, 2.05) is 24.3 Å². The van der Waals surface area contributed by atoms with E-state index in [2.05, 4.69) is 5.32 Å². The van der Waals surface area contributed by atoms with Crippen molar-refractivity contribution in [3.63, 3.8) is 0 Å². The predicted octanol–water partition coefficient (Wildman–Crippen LogP) is 3.14. The van der Waals surface area contributed by atoms with Gasteiger partial charge in [-0.05, 0) is 56.2 Å². The summed E-state index contributed by atoms with van der Waals surface area (Å²) in [6.45, 7) is 3.28. The van der Waals surface area contributed by atoms with Crippen molar-refractivity contribution >= 4 is 22.8 Å². The lowest BCUT2D eigenvalue weighted by Gasteiger charge is -2.11. The first-order valence-electron chi connectivity index (χ1n) is 6.90. The Morgan fingerprint density at radius 2 is 1.90 bits per heavy atom. The maximum absolute atomic E-state index is 11.3. The van der Waals surface area contributed by atoms with Crippen LogP contribution in [-0.2, 0) is 6.42 Å². The number of benzene rings is 2. The molecule has 0 bridgehead atoms. The van der Waals surface area contributed by atoms with Gasteiger partial charge in [-0.1, -0.05) is 12.1 Å². The van der Waals surface area contributed by atoms with Gasteiger partial charge in [0, 0.05) is 11.3 Å². The van der Waals surface area contributed by atoms with Gasteiger partial charge >= 0.3 is 0 Å². The smallest absolute Gasteiger partial charge is 0.159 e. The number of nitrogens with two attached hydrogens (primary N) is 1. The Bertz CT molecular complexity index is 634. The zero-order chi connectivity index (χ0) is 15.4. The van der Waals surface area contributed by atoms with Gasteiger partial charge in [0.15, 0.2) is 5.78 Å². The Kier molecular flexibility index (Phi) is 4.60. The Labute approximate surface area is 124 Å². The summed E-state index contributed by atoms with van der Waals surface area (Å²) >= 11 is 0. The lowest BCUT2D eigenvalue weighted by Crippen LogP contribution is -2.04. The van der Waals surface area contributed by atoms with Crippen molar-refractivity contribution < 1.29 is 9.90 Å². The van der Waals surface area contributed by atoms with Crippen molar-refractivity contribution in [2.75, 3.05) is 11.1 Å². The van der Waals surface area contributed by atoms with E-state index in [1.165, 1.54) is 6.92 Å². The van der Waals surface area contributed by atoms with Crippen molar-refractivity contribution in [2.24, 2.45) is 0 Å². The maximum Gasteiger partial charge on any atom is 0.159 e. The quantitative estimate of drug-likeness (QED) is 0.582. The molecule has 4 heteroatoms. The maximum atomic E-state index is 11.3. The molecule has 0 aromatic heterocycles. The van der Waals surface area contributed by atoms with Gasteiger partial charge in [-0.2, -0.15) is 0 Å². The molecule has 0 spiro atoms. The molecule has 0 unspecified atom stereocenters. The molecule has 0 aliphatic carbocycles. The molecule has 110 valence electrons. The number of ketones is 1. The van der Waals surface area contributed by atoms with Gasteiger partial charge in [0.25, 0.3) is 0 Å². The fourth-order valence-electron chi connectivity index (χ4n) is 2.12.